The number of nitrogens with one attached hydrogen (secondary N) is 1. The van der Waals surface area contributed by atoms with Crippen LogP contribution in [0.15, 0.2) is 24.3 Å². The molecule has 5 heteroatoms. The number of carbonyl (C=O) groups is 2. The van der Waals surface area contributed by atoms with E-state index in [1.807, 2.05) is 0 Å². The third kappa shape index (κ3) is 3.48. The molecule has 0 spiro atoms. The van der Waals surface area contributed by atoms with Gasteiger partial charge in [0.25, 0.3) is 11.8 Å². The fraction of sp³-hybridized carbons (Fsp3) is 0.333. The summed E-state index contributed by atoms with van der Waals surface area (Å²) in [5.74, 6) is -0.192. The molecular formula is C12H14N2O3. The van der Waals surface area contributed by atoms with Crippen molar-refractivity contribution in [3.8, 4) is 5.75 Å². The number of amides is 2. The Labute approximate surface area is 98.9 Å². The minimum absolute atomic E-state index is 0.114. The molecule has 17 heavy (non-hydrogen) atoms. The smallest absolute Gasteiger partial charge is 0.255 e. The molecule has 1 aliphatic carbocycles. The van der Waals surface area contributed by atoms with Gasteiger partial charge in [0.2, 0.25) is 0 Å². The Hall–Kier alpha value is -2.04. The van der Waals surface area contributed by atoms with Crippen molar-refractivity contribution in [3.05, 3.63) is 29.8 Å². The van der Waals surface area contributed by atoms with Crippen LogP contribution < -0.4 is 15.8 Å². The van der Waals surface area contributed by atoms with Crippen molar-refractivity contribution in [3.63, 3.8) is 0 Å². The fourth-order valence-electron chi connectivity index (χ4n) is 1.38. The van der Waals surface area contributed by atoms with Crippen LogP contribution in [0, 0.1) is 0 Å². The Morgan fingerprint density at radius 2 is 2.18 bits per heavy atom. The van der Waals surface area contributed by atoms with Crippen LogP contribution in [0.2, 0.25) is 0 Å². The molecule has 0 bridgehead atoms. The number of carbonyl (C=O) groups excluding carboxylic acids is 2. The quantitative estimate of drug-likeness (QED) is 0.775. The SMILES string of the molecule is NC(=O)COc1cccc(C(=O)NC2CC2)c1. The summed E-state index contributed by atoms with van der Waals surface area (Å²) in [6.07, 6.45) is 2.09. The summed E-state index contributed by atoms with van der Waals surface area (Å²) in [6.45, 7) is -0.187. The Morgan fingerprint density at radius 1 is 1.41 bits per heavy atom. The molecule has 90 valence electrons. The molecule has 1 aromatic carbocycles. The van der Waals surface area contributed by atoms with E-state index in [1.54, 1.807) is 24.3 Å². The van der Waals surface area contributed by atoms with Crippen molar-refractivity contribution in [1.29, 1.82) is 0 Å². The lowest BCUT2D eigenvalue weighted by atomic mass is 10.2. The third-order valence-corrected chi connectivity index (χ3v) is 2.39. The standard InChI is InChI=1S/C12H14N2O3/c13-11(15)7-17-10-3-1-2-8(6-10)12(16)14-9-4-5-9/h1-3,6,9H,4-5,7H2,(H2,13,15)(H,14,16). The van der Waals surface area contributed by atoms with Gasteiger partial charge < -0.3 is 15.8 Å². The molecule has 0 atom stereocenters. The maximum atomic E-state index is 11.7. The first kappa shape index (κ1) is 11.4. The molecule has 1 saturated carbocycles. The van der Waals surface area contributed by atoms with E-state index >= 15 is 0 Å². The molecule has 0 heterocycles. The van der Waals surface area contributed by atoms with Crippen LogP contribution in [0.3, 0.4) is 0 Å². The highest BCUT2D eigenvalue weighted by Crippen LogP contribution is 2.20. The second-order valence-corrected chi connectivity index (χ2v) is 4.03. The molecule has 5 nitrogen and oxygen atoms in total. The molecule has 3 N–H and O–H groups in total. The van der Waals surface area contributed by atoms with Gasteiger partial charge in [-0.3, -0.25) is 9.59 Å². The first-order valence-corrected chi connectivity index (χ1v) is 5.47. The van der Waals surface area contributed by atoms with Gasteiger partial charge in [-0.2, -0.15) is 0 Å². The largest absolute Gasteiger partial charge is 0.484 e. The highest BCUT2D eigenvalue weighted by Gasteiger charge is 2.23. The van der Waals surface area contributed by atoms with Crippen molar-refractivity contribution in [2.45, 2.75) is 18.9 Å². The van der Waals surface area contributed by atoms with Gasteiger partial charge in [0.1, 0.15) is 5.75 Å². The second-order valence-electron chi connectivity index (χ2n) is 4.03. The van der Waals surface area contributed by atoms with E-state index in [4.69, 9.17) is 10.5 Å². The molecule has 2 rings (SSSR count). The van der Waals surface area contributed by atoms with Crippen molar-refractivity contribution in [2.24, 2.45) is 5.73 Å². The highest BCUT2D eigenvalue weighted by atomic mass is 16.5. The predicted molar refractivity (Wildman–Crippen MR) is 61.6 cm³/mol. The van der Waals surface area contributed by atoms with Crippen LogP contribution in [-0.4, -0.2) is 24.5 Å². The lowest BCUT2D eigenvalue weighted by Gasteiger charge is -2.06. The topological polar surface area (TPSA) is 81.4 Å². The van der Waals surface area contributed by atoms with E-state index in [2.05, 4.69) is 5.32 Å². The molecule has 1 aliphatic rings. The molecule has 0 radical (unpaired) electrons. The summed E-state index contributed by atoms with van der Waals surface area (Å²) >= 11 is 0. The normalized spacial score (nSPS) is 14.1. The molecule has 0 aliphatic heterocycles. The average Bonchev–Trinajstić information content (AvgIpc) is 3.10. The van der Waals surface area contributed by atoms with Crippen molar-refractivity contribution < 1.29 is 14.3 Å². The summed E-state index contributed by atoms with van der Waals surface area (Å²) in [4.78, 5) is 22.3. The van der Waals surface area contributed by atoms with Gasteiger partial charge >= 0.3 is 0 Å². The second kappa shape index (κ2) is 4.86. The predicted octanol–water partition coefficient (Wildman–Crippen LogP) is 0.443. The first-order valence-electron chi connectivity index (χ1n) is 5.47. The lowest BCUT2D eigenvalue weighted by molar-refractivity contribution is -0.119. The van der Waals surface area contributed by atoms with Crippen LogP contribution in [0.25, 0.3) is 0 Å². The number of hydrogen-bond acceptors (Lipinski definition) is 3. The average molecular weight is 234 g/mol. The first-order chi connectivity index (χ1) is 8.15. The Morgan fingerprint density at radius 3 is 2.82 bits per heavy atom. The van der Waals surface area contributed by atoms with Crippen molar-refractivity contribution in [2.75, 3.05) is 6.61 Å². The lowest BCUT2D eigenvalue weighted by Crippen LogP contribution is -2.25. The summed E-state index contributed by atoms with van der Waals surface area (Å²) in [5.41, 5.74) is 5.50. The van der Waals surface area contributed by atoms with Gasteiger partial charge in [-0.25, -0.2) is 0 Å². The summed E-state index contributed by atoms with van der Waals surface area (Å²) in [7, 11) is 0. The number of hydrogen-bond donors (Lipinski definition) is 2. The number of primary amides is 1. The third-order valence-electron chi connectivity index (χ3n) is 2.39. The Balaban J connectivity index is 1.99. The van der Waals surface area contributed by atoms with Gasteiger partial charge in [0.15, 0.2) is 6.61 Å². The van der Waals surface area contributed by atoms with E-state index in [0.29, 0.717) is 17.4 Å². The van der Waals surface area contributed by atoms with E-state index in [1.165, 1.54) is 0 Å². The number of nitrogens with two attached hydrogens (primary N) is 1. The molecule has 2 amide bonds. The molecule has 0 unspecified atom stereocenters. The van der Waals surface area contributed by atoms with Crippen LogP contribution in [0.4, 0.5) is 0 Å². The van der Waals surface area contributed by atoms with Crippen LogP contribution >= 0.6 is 0 Å². The van der Waals surface area contributed by atoms with E-state index in [0.717, 1.165) is 12.8 Å². The zero-order chi connectivity index (χ0) is 12.3. The minimum atomic E-state index is -0.544. The van der Waals surface area contributed by atoms with Gasteiger partial charge in [-0.05, 0) is 31.0 Å². The fourth-order valence-corrected chi connectivity index (χ4v) is 1.38. The highest BCUT2D eigenvalue weighted by molar-refractivity contribution is 5.94. The van der Waals surface area contributed by atoms with Gasteiger partial charge in [-0.15, -0.1) is 0 Å². The maximum Gasteiger partial charge on any atom is 0.255 e. The van der Waals surface area contributed by atoms with E-state index < -0.39 is 5.91 Å². The Bertz CT molecular complexity index is 441. The molecule has 0 aromatic heterocycles. The zero-order valence-corrected chi connectivity index (χ0v) is 9.31. The van der Waals surface area contributed by atoms with Crippen molar-refractivity contribution >= 4 is 11.8 Å². The van der Waals surface area contributed by atoms with Crippen molar-refractivity contribution in [1.82, 2.24) is 5.32 Å². The van der Waals surface area contributed by atoms with E-state index in [9.17, 15) is 9.59 Å². The Kier molecular flexibility index (Phi) is 3.27. The number of ether oxygens (including phenoxy) is 1. The summed E-state index contributed by atoms with van der Waals surface area (Å²) < 4.78 is 5.12. The van der Waals surface area contributed by atoms with Crippen LogP contribution in [-0.2, 0) is 4.79 Å². The van der Waals surface area contributed by atoms with Crippen LogP contribution in [0.5, 0.6) is 5.75 Å². The summed E-state index contributed by atoms with van der Waals surface area (Å²) in [6, 6.07) is 7.00. The van der Waals surface area contributed by atoms with Crippen LogP contribution in [0.1, 0.15) is 23.2 Å². The maximum absolute atomic E-state index is 11.7. The number of rotatable bonds is 5. The molecule has 1 fully saturated rings. The molecular weight excluding hydrogens is 220 g/mol. The molecule has 1 aromatic rings. The summed E-state index contributed by atoms with van der Waals surface area (Å²) in [5, 5.41) is 2.88. The van der Waals surface area contributed by atoms with Gasteiger partial charge in [-0.1, -0.05) is 6.07 Å². The monoisotopic (exact) mass is 234 g/mol. The zero-order valence-electron chi connectivity index (χ0n) is 9.31. The molecule has 0 saturated heterocycles. The van der Waals surface area contributed by atoms with Gasteiger partial charge in [0.05, 0.1) is 0 Å². The minimum Gasteiger partial charge on any atom is -0.484 e. The van der Waals surface area contributed by atoms with E-state index in [-0.39, 0.29) is 12.5 Å². The number of benzene rings is 1. The van der Waals surface area contributed by atoms with Gasteiger partial charge in [0, 0.05) is 11.6 Å².